The maximum absolute atomic E-state index is 11.9. The van der Waals surface area contributed by atoms with Gasteiger partial charge in [-0.1, -0.05) is 0 Å². The Kier molecular flexibility index (Phi) is 3.29. The number of fused-ring (bicyclic) bond motifs is 1. The van der Waals surface area contributed by atoms with Crippen molar-refractivity contribution >= 4 is 11.6 Å². The van der Waals surface area contributed by atoms with Gasteiger partial charge in [-0.25, -0.2) is 9.50 Å². The first-order valence-electron chi connectivity index (χ1n) is 5.77. The Morgan fingerprint density at radius 3 is 2.94 bits per heavy atom. The number of nitrogens with one attached hydrogen (secondary N) is 1. The molecular formula is C12H16N4O2. The molecule has 2 aromatic heterocycles. The number of nitrogens with zero attached hydrogens (tertiary/aromatic N) is 3. The fourth-order valence-electron chi connectivity index (χ4n) is 1.77. The second-order valence-corrected chi connectivity index (χ2v) is 4.39. The van der Waals surface area contributed by atoms with Crippen LogP contribution in [0.25, 0.3) is 5.65 Å². The molecule has 0 spiro atoms. The molecule has 2 heterocycles. The van der Waals surface area contributed by atoms with E-state index in [2.05, 4.69) is 15.4 Å². The number of amides is 1. The standard InChI is InChI=1S/C12H16N4O2/c1-7-4-8(2)16-11(15-7)10(6-14-16)12(18)13-5-9(3)17/h4,6,9,17H,5H2,1-3H3,(H,13,18)/t9-/m1/s1. The van der Waals surface area contributed by atoms with E-state index in [0.29, 0.717) is 11.2 Å². The van der Waals surface area contributed by atoms with E-state index in [-0.39, 0.29) is 12.5 Å². The van der Waals surface area contributed by atoms with E-state index >= 15 is 0 Å². The molecule has 6 nitrogen and oxygen atoms in total. The minimum absolute atomic E-state index is 0.209. The number of carbonyl (C=O) groups excluding carboxylic acids is 1. The molecule has 1 amide bonds. The van der Waals surface area contributed by atoms with Gasteiger partial charge in [0.2, 0.25) is 0 Å². The van der Waals surface area contributed by atoms with Gasteiger partial charge < -0.3 is 10.4 Å². The molecule has 2 aromatic rings. The number of aryl methyl sites for hydroxylation is 2. The van der Waals surface area contributed by atoms with Crippen LogP contribution < -0.4 is 5.32 Å². The van der Waals surface area contributed by atoms with Crippen molar-refractivity contribution in [3.05, 3.63) is 29.2 Å². The van der Waals surface area contributed by atoms with Crippen molar-refractivity contribution < 1.29 is 9.90 Å². The molecule has 2 N–H and O–H groups in total. The average Bonchev–Trinajstić information content (AvgIpc) is 2.69. The number of hydrogen-bond acceptors (Lipinski definition) is 4. The molecule has 0 fully saturated rings. The number of rotatable bonds is 3. The fraction of sp³-hybridized carbons (Fsp3) is 0.417. The third-order valence-corrected chi connectivity index (χ3v) is 2.58. The smallest absolute Gasteiger partial charge is 0.256 e. The van der Waals surface area contributed by atoms with Crippen molar-refractivity contribution in [2.24, 2.45) is 0 Å². The van der Waals surface area contributed by atoms with Gasteiger partial charge in [-0.15, -0.1) is 0 Å². The zero-order valence-electron chi connectivity index (χ0n) is 10.6. The molecular weight excluding hydrogens is 232 g/mol. The summed E-state index contributed by atoms with van der Waals surface area (Å²) in [7, 11) is 0. The van der Waals surface area contributed by atoms with E-state index in [1.54, 1.807) is 11.4 Å². The monoisotopic (exact) mass is 248 g/mol. The van der Waals surface area contributed by atoms with Crippen LogP contribution in [0.15, 0.2) is 12.3 Å². The SMILES string of the molecule is Cc1cc(C)n2ncc(C(=O)NC[C@@H](C)O)c2n1. The molecule has 96 valence electrons. The Morgan fingerprint density at radius 1 is 1.56 bits per heavy atom. The fourth-order valence-corrected chi connectivity index (χ4v) is 1.77. The largest absolute Gasteiger partial charge is 0.392 e. The van der Waals surface area contributed by atoms with E-state index in [4.69, 9.17) is 5.11 Å². The van der Waals surface area contributed by atoms with Gasteiger partial charge in [-0.3, -0.25) is 4.79 Å². The van der Waals surface area contributed by atoms with Gasteiger partial charge in [-0.05, 0) is 26.8 Å². The predicted octanol–water partition coefficient (Wildman–Crippen LogP) is 0.457. The van der Waals surface area contributed by atoms with Crippen LogP contribution in [0.3, 0.4) is 0 Å². The second kappa shape index (κ2) is 4.73. The molecule has 0 saturated carbocycles. The summed E-state index contributed by atoms with van der Waals surface area (Å²) in [4.78, 5) is 16.3. The lowest BCUT2D eigenvalue weighted by Crippen LogP contribution is -2.30. The van der Waals surface area contributed by atoms with Crippen LogP contribution >= 0.6 is 0 Å². The van der Waals surface area contributed by atoms with Crippen molar-refractivity contribution in [1.82, 2.24) is 19.9 Å². The summed E-state index contributed by atoms with van der Waals surface area (Å²) in [5, 5.41) is 15.9. The van der Waals surface area contributed by atoms with E-state index < -0.39 is 6.10 Å². The maximum Gasteiger partial charge on any atom is 0.256 e. The van der Waals surface area contributed by atoms with Crippen molar-refractivity contribution in [3.63, 3.8) is 0 Å². The first kappa shape index (κ1) is 12.5. The summed E-state index contributed by atoms with van der Waals surface area (Å²) in [6, 6.07) is 1.90. The normalized spacial score (nSPS) is 12.7. The highest BCUT2D eigenvalue weighted by Crippen LogP contribution is 2.11. The third-order valence-electron chi connectivity index (χ3n) is 2.58. The highest BCUT2D eigenvalue weighted by atomic mass is 16.3. The predicted molar refractivity (Wildman–Crippen MR) is 66.5 cm³/mol. The number of aliphatic hydroxyl groups excluding tert-OH is 1. The van der Waals surface area contributed by atoms with Crippen LogP contribution in [0, 0.1) is 13.8 Å². The van der Waals surface area contributed by atoms with E-state index in [1.807, 2.05) is 19.9 Å². The lowest BCUT2D eigenvalue weighted by Gasteiger charge is -2.06. The highest BCUT2D eigenvalue weighted by molar-refractivity contribution is 5.99. The summed E-state index contributed by atoms with van der Waals surface area (Å²) >= 11 is 0. The first-order chi connectivity index (χ1) is 8.49. The quantitative estimate of drug-likeness (QED) is 0.827. The summed E-state index contributed by atoms with van der Waals surface area (Å²) in [5.41, 5.74) is 2.72. The molecule has 6 heteroatoms. The van der Waals surface area contributed by atoms with E-state index in [9.17, 15) is 4.79 Å². The second-order valence-electron chi connectivity index (χ2n) is 4.39. The molecule has 18 heavy (non-hydrogen) atoms. The number of hydrogen-bond donors (Lipinski definition) is 2. The Bertz CT molecular complexity index is 589. The summed E-state index contributed by atoms with van der Waals surface area (Å²) in [6.07, 6.45) is 0.916. The van der Waals surface area contributed by atoms with Crippen LogP contribution in [0.1, 0.15) is 28.7 Å². The molecule has 2 rings (SSSR count). The van der Waals surface area contributed by atoms with Crippen LogP contribution in [0.4, 0.5) is 0 Å². The van der Waals surface area contributed by atoms with Gasteiger partial charge in [0.25, 0.3) is 5.91 Å². The minimum Gasteiger partial charge on any atom is -0.392 e. The topological polar surface area (TPSA) is 79.5 Å². The lowest BCUT2D eigenvalue weighted by molar-refractivity contribution is 0.0925. The van der Waals surface area contributed by atoms with Crippen LogP contribution in [0.2, 0.25) is 0 Å². The minimum atomic E-state index is -0.577. The van der Waals surface area contributed by atoms with Gasteiger partial charge in [0.05, 0.1) is 12.3 Å². The van der Waals surface area contributed by atoms with Crippen molar-refractivity contribution in [2.75, 3.05) is 6.54 Å². The van der Waals surface area contributed by atoms with Gasteiger partial charge in [0.1, 0.15) is 5.56 Å². The maximum atomic E-state index is 11.9. The number of aliphatic hydroxyl groups is 1. The number of carbonyl (C=O) groups is 1. The van der Waals surface area contributed by atoms with Gasteiger partial charge in [-0.2, -0.15) is 5.10 Å². The number of aromatic nitrogens is 3. The Hall–Kier alpha value is -1.95. The van der Waals surface area contributed by atoms with E-state index in [1.165, 1.54) is 6.20 Å². The van der Waals surface area contributed by atoms with Crippen LogP contribution in [-0.4, -0.2) is 38.3 Å². The Morgan fingerprint density at radius 2 is 2.28 bits per heavy atom. The molecule has 0 saturated heterocycles. The van der Waals surface area contributed by atoms with Gasteiger partial charge >= 0.3 is 0 Å². The highest BCUT2D eigenvalue weighted by Gasteiger charge is 2.15. The Labute approximate surface area is 105 Å². The third kappa shape index (κ3) is 2.33. The van der Waals surface area contributed by atoms with Crippen molar-refractivity contribution in [1.29, 1.82) is 0 Å². The summed E-state index contributed by atoms with van der Waals surface area (Å²) in [5.74, 6) is -0.275. The zero-order chi connectivity index (χ0) is 13.3. The average molecular weight is 248 g/mol. The molecule has 0 aliphatic rings. The van der Waals surface area contributed by atoms with Gasteiger partial charge in [0, 0.05) is 17.9 Å². The Balaban J connectivity index is 2.37. The van der Waals surface area contributed by atoms with Gasteiger partial charge in [0.15, 0.2) is 5.65 Å². The first-order valence-corrected chi connectivity index (χ1v) is 5.77. The molecule has 0 bridgehead atoms. The molecule has 0 radical (unpaired) electrons. The lowest BCUT2D eigenvalue weighted by atomic mass is 10.3. The van der Waals surface area contributed by atoms with Crippen molar-refractivity contribution in [2.45, 2.75) is 26.9 Å². The molecule has 0 aliphatic carbocycles. The van der Waals surface area contributed by atoms with Crippen LogP contribution in [-0.2, 0) is 0 Å². The molecule has 0 aromatic carbocycles. The van der Waals surface area contributed by atoms with Crippen LogP contribution in [0.5, 0.6) is 0 Å². The van der Waals surface area contributed by atoms with Crippen molar-refractivity contribution in [3.8, 4) is 0 Å². The molecule has 1 atom stereocenters. The molecule has 0 unspecified atom stereocenters. The summed E-state index contributed by atoms with van der Waals surface area (Å²) in [6.45, 7) is 5.60. The molecule has 0 aliphatic heterocycles. The van der Waals surface area contributed by atoms with E-state index in [0.717, 1.165) is 11.4 Å². The summed E-state index contributed by atoms with van der Waals surface area (Å²) < 4.78 is 1.63. The zero-order valence-corrected chi connectivity index (χ0v) is 10.6.